The summed E-state index contributed by atoms with van der Waals surface area (Å²) in [5, 5.41) is 11.0. The number of imidazole rings is 1. The Balaban J connectivity index is 1.28. The summed E-state index contributed by atoms with van der Waals surface area (Å²) in [6, 6.07) is 5.08. The highest BCUT2D eigenvalue weighted by Gasteiger charge is 2.51. The van der Waals surface area contributed by atoms with Crippen LogP contribution in [0.25, 0.3) is 11.2 Å². The maximum absolute atomic E-state index is 13.1. The second kappa shape index (κ2) is 10.8. The maximum atomic E-state index is 13.1. The van der Waals surface area contributed by atoms with Crippen molar-refractivity contribution in [3.8, 4) is 5.88 Å². The molecule has 9 atom stereocenters. The topological polar surface area (TPSA) is 253 Å². The van der Waals surface area contributed by atoms with Crippen molar-refractivity contribution in [1.82, 2.24) is 24.5 Å². The molecule has 3 aliphatic rings. The van der Waals surface area contributed by atoms with Gasteiger partial charge in [-0.3, -0.25) is 32.4 Å². The third kappa shape index (κ3) is 5.94. The van der Waals surface area contributed by atoms with Crippen LogP contribution in [0.5, 0.6) is 5.88 Å². The van der Waals surface area contributed by atoms with Crippen molar-refractivity contribution in [2.24, 2.45) is 5.92 Å². The van der Waals surface area contributed by atoms with Crippen molar-refractivity contribution >= 4 is 32.8 Å². The lowest BCUT2D eigenvalue weighted by Crippen LogP contribution is -2.35. The van der Waals surface area contributed by atoms with Crippen molar-refractivity contribution in [2.75, 3.05) is 18.9 Å². The number of aliphatic hydroxyl groups is 1. The maximum Gasteiger partial charge on any atom is 0.472 e. The number of nitrogens with zero attached hydrogens (tertiary/aromatic N) is 4. The second-order valence-corrected chi connectivity index (χ2v) is 12.5. The Morgan fingerprint density at radius 2 is 1.85 bits per heavy atom. The number of ether oxygens (including phenoxy) is 2. The molecule has 0 aromatic carbocycles. The van der Waals surface area contributed by atoms with E-state index in [1.807, 2.05) is 0 Å². The van der Waals surface area contributed by atoms with Gasteiger partial charge in [-0.15, -0.1) is 0 Å². The van der Waals surface area contributed by atoms with Gasteiger partial charge in [0.25, 0.3) is 5.56 Å². The summed E-state index contributed by atoms with van der Waals surface area (Å²) in [6.45, 7) is -1.10. The summed E-state index contributed by atoms with van der Waals surface area (Å²) >= 11 is 0. The van der Waals surface area contributed by atoms with Gasteiger partial charge in [-0.25, -0.2) is 19.1 Å². The molecule has 2 aliphatic heterocycles. The molecule has 2 bridgehead atoms. The quantitative estimate of drug-likeness (QED) is 0.247. The van der Waals surface area contributed by atoms with E-state index in [1.54, 1.807) is 24.4 Å². The predicted octanol–water partition coefficient (Wildman–Crippen LogP) is 0.231. The Morgan fingerprint density at radius 3 is 2.63 bits per heavy atom. The van der Waals surface area contributed by atoms with Gasteiger partial charge >= 0.3 is 15.6 Å². The van der Waals surface area contributed by atoms with Gasteiger partial charge in [-0.1, -0.05) is 6.07 Å². The molecule has 6 rings (SSSR count). The van der Waals surface area contributed by atoms with Gasteiger partial charge < -0.3 is 30.1 Å². The highest BCUT2D eigenvalue weighted by molar-refractivity contribution is 7.47. The standard InChI is InChI=1S/C21H26N6O12P2/c22-21-25-18-15(19(29)26-21)24-9-27(18)20-17-16(28)13(37-20)8-35-40(30,31)38-12-6-11(36-14-3-1-2-4-23-14)5-10(12)7-34-41(32,33)39-17/h1-4,9-13,16-17,20,28H,5-8H2,(H,30,31)(H,32,33)(H3,22,25,26,29)/t10-,11-,12+,13-,16-,17-,20-/m1/s1. The minimum Gasteiger partial charge on any atom is -0.474 e. The van der Waals surface area contributed by atoms with Gasteiger partial charge in [0.2, 0.25) is 11.8 Å². The van der Waals surface area contributed by atoms with Gasteiger partial charge in [0.1, 0.15) is 24.4 Å². The largest absolute Gasteiger partial charge is 0.474 e. The monoisotopic (exact) mass is 616 g/mol. The van der Waals surface area contributed by atoms with Crippen molar-refractivity contribution in [3.05, 3.63) is 41.1 Å². The molecule has 1 aliphatic carbocycles. The zero-order valence-corrected chi connectivity index (χ0v) is 22.8. The average molecular weight is 616 g/mol. The number of fused-ring (bicyclic) bond motifs is 4. The summed E-state index contributed by atoms with van der Waals surface area (Å²) < 4.78 is 60.0. The molecular weight excluding hydrogens is 590 g/mol. The molecule has 41 heavy (non-hydrogen) atoms. The number of hydrogen-bond acceptors (Lipinski definition) is 14. The lowest BCUT2D eigenvalue weighted by Gasteiger charge is -2.25. The lowest BCUT2D eigenvalue weighted by atomic mass is 10.1. The molecular formula is C21H26N6O12P2. The average Bonchev–Trinajstić information content (AvgIpc) is 3.57. The van der Waals surface area contributed by atoms with E-state index in [1.165, 1.54) is 4.57 Å². The highest BCUT2D eigenvalue weighted by Crippen LogP contribution is 2.54. The van der Waals surface area contributed by atoms with Gasteiger partial charge in [0.15, 0.2) is 17.4 Å². The third-order valence-electron chi connectivity index (χ3n) is 6.93. The lowest BCUT2D eigenvalue weighted by molar-refractivity contribution is -0.0561. The summed E-state index contributed by atoms with van der Waals surface area (Å²) in [6.07, 6.45) is -4.46. The fourth-order valence-electron chi connectivity index (χ4n) is 5.09. The number of rotatable bonds is 3. The molecule has 2 unspecified atom stereocenters. The van der Waals surface area contributed by atoms with E-state index in [0.29, 0.717) is 5.88 Å². The summed E-state index contributed by atoms with van der Waals surface area (Å²) in [7, 11) is -9.63. The first kappa shape index (κ1) is 28.4. The van der Waals surface area contributed by atoms with Crippen LogP contribution in [0.1, 0.15) is 19.1 Å². The number of anilines is 1. The molecule has 222 valence electrons. The number of hydrogen-bond donors (Lipinski definition) is 5. The van der Waals surface area contributed by atoms with Crippen LogP contribution in [0.15, 0.2) is 35.5 Å². The fourth-order valence-corrected chi connectivity index (χ4v) is 7.07. The molecule has 6 N–H and O–H groups in total. The van der Waals surface area contributed by atoms with Gasteiger partial charge in [0, 0.05) is 24.6 Å². The Labute approximate surface area is 230 Å². The van der Waals surface area contributed by atoms with E-state index in [-0.39, 0.29) is 30.0 Å². The summed E-state index contributed by atoms with van der Waals surface area (Å²) in [5.41, 5.74) is 4.80. The first-order valence-electron chi connectivity index (χ1n) is 12.4. The number of aromatic amines is 1. The summed E-state index contributed by atoms with van der Waals surface area (Å²) in [4.78, 5) is 47.7. The van der Waals surface area contributed by atoms with Gasteiger partial charge in [0.05, 0.1) is 25.6 Å². The van der Waals surface area contributed by atoms with E-state index in [2.05, 4.69) is 19.9 Å². The van der Waals surface area contributed by atoms with Crippen LogP contribution < -0.4 is 16.0 Å². The first-order chi connectivity index (χ1) is 19.5. The Hall–Kier alpha value is -2.76. The SMILES string of the molecule is Nc1nc2c(ncn2[C@@H]2O[C@@H]3COP(=O)(O)O[C@H]4C[C@H](Oc5ccccn5)C[C@@H]4COP(=O)(O)O[C@@H]2[C@@H]3O)c(=O)[nH]1. The number of phosphoric acid groups is 2. The molecule has 18 nitrogen and oxygen atoms in total. The normalized spacial score (nSPS) is 38.1. The minimum atomic E-state index is -4.89. The smallest absolute Gasteiger partial charge is 0.472 e. The van der Waals surface area contributed by atoms with Crippen LogP contribution in [0.3, 0.4) is 0 Å². The number of phosphoric ester groups is 2. The van der Waals surface area contributed by atoms with Gasteiger partial charge in [-0.2, -0.15) is 4.98 Å². The number of nitrogens with two attached hydrogens (primary N) is 1. The number of H-pyrrole nitrogens is 1. The van der Waals surface area contributed by atoms with E-state index >= 15 is 0 Å². The summed E-state index contributed by atoms with van der Waals surface area (Å²) in [5.74, 6) is -0.595. The van der Waals surface area contributed by atoms with Crippen LogP contribution in [0.2, 0.25) is 0 Å². The van der Waals surface area contributed by atoms with E-state index in [4.69, 9.17) is 33.3 Å². The zero-order chi connectivity index (χ0) is 28.9. The van der Waals surface area contributed by atoms with Crippen LogP contribution in [-0.4, -0.2) is 83.1 Å². The molecule has 2 saturated heterocycles. The number of aliphatic hydroxyl groups excluding tert-OH is 1. The zero-order valence-electron chi connectivity index (χ0n) is 21.0. The van der Waals surface area contributed by atoms with Crippen molar-refractivity contribution in [3.63, 3.8) is 0 Å². The Bertz CT molecular complexity index is 1570. The molecule has 3 aromatic rings. The predicted molar refractivity (Wildman–Crippen MR) is 135 cm³/mol. The number of aromatic nitrogens is 5. The molecule has 0 radical (unpaired) electrons. The Kier molecular flexibility index (Phi) is 7.48. The van der Waals surface area contributed by atoms with Crippen molar-refractivity contribution in [2.45, 2.75) is 49.6 Å². The van der Waals surface area contributed by atoms with Crippen LogP contribution in [0, 0.1) is 5.92 Å². The van der Waals surface area contributed by atoms with Crippen molar-refractivity contribution < 1.29 is 51.6 Å². The molecule has 5 heterocycles. The van der Waals surface area contributed by atoms with E-state index in [9.17, 15) is 28.8 Å². The number of nitrogens with one attached hydrogen (secondary N) is 1. The second-order valence-electron chi connectivity index (χ2n) is 9.71. The molecule has 1 saturated carbocycles. The van der Waals surface area contributed by atoms with E-state index in [0.717, 1.165) is 6.33 Å². The minimum absolute atomic E-state index is 0.0719. The molecule has 0 spiro atoms. The fraction of sp³-hybridized carbons (Fsp3) is 0.524. The van der Waals surface area contributed by atoms with Gasteiger partial charge in [-0.05, 0) is 12.5 Å². The first-order valence-corrected chi connectivity index (χ1v) is 15.4. The molecule has 0 amide bonds. The third-order valence-corrected chi connectivity index (χ3v) is 8.92. The Morgan fingerprint density at radius 1 is 1.07 bits per heavy atom. The number of nitrogen functional groups attached to an aromatic ring is 1. The number of pyridine rings is 1. The van der Waals surface area contributed by atoms with E-state index < -0.39 is 77.1 Å². The molecule has 3 aromatic heterocycles. The van der Waals surface area contributed by atoms with Crippen LogP contribution in [-0.2, 0) is 32.0 Å². The van der Waals surface area contributed by atoms with Crippen LogP contribution in [0.4, 0.5) is 5.95 Å². The van der Waals surface area contributed by atoms with Crippen molar-refractivity contribution in [1.29, 1.82) is 0 Å². The molecule has 3 fully saturated rings. The highest BCUT2D eigenvalue weighted by atomic mass is 31.2. The van der Waals surface area contributed by atoms with Crippen LogP contribution >= 0.6 is 15.6 Å². The molecule has 20 heteroatoms.